The van der Waals surface area contributed by atoms with Crippen LogP contribution < -0.4 is 5.32 Å². The maximum atomic E-state index is 12.8. The minimum absolute atomic E-state index is 0.0776. The van der Waals surface area contributed by atoms with Crippen molar-refractivity contribution >= 4 is 37.9 Å². The molecule has 0 unspecified atom stereocenters. The first-order valence-electron chi connectivity index (χ1n) is 8.79. The Balaban J connectivity index is 1.45. The number of fused-ring (bicyclic) bond motifs is 1. The number of hydrogen-bond donors (Lipinski definition) is 1. The summed E-state index contributed by atoms with van der Waals surface area (Å²) < 4.78 is 23.1. The summed E-state index contributed by atoms with van der Waals surface area (Å²) in [6, 6.07) is 14.6. The Morgan fingerprint density at radius 3 is 2.54 bits per heavy atom. The summed E-state index contributed by atoms with van der Waals surface area (Å²) in [7, 11) is -3.22. The lowest BCUT2D eigenvalue weighted by Gasteiger charge is -2.28. The van der Waals surface area contributed by atoms with Gasteiger partial charge in [-0.25, -0.2) is 13.4 Å². The van der Waals surface area contributed by atoms with E-state index in [0.29, 0.717) is 29.6 Å². The number of carbonyl (C=O) groups is 1. The maximum Gasteiger partial charge on any atom is 0.273 e. The molecule has 1 N–H and O–H groups in total. The van der Waals surface area contributed by atoms with Gasteiger partial charge in [-0.3, -0.25) is 4.79 Å². The van der Waals surface area contributed by atoms with Crippen molar-refractivity contribution in [3.05, 3.63) is 70.7 Å². The van der Waals surface area contributed by atoms with Crippen molar-refractivity contribution in [1.29, 1.82) is 0 Å². The van der Waals surface area contributed by atoms with Gasteiger partial charge in [0.2, 0.25) is 0 Å². The van der Waals surface area contributed by atoms with Gasteiger partial charge in [0.05, 0.1) is 4.90 Å². The van der Waals surface area contributed by atoms with Crippen LogP contribution in [0.2, 0.25) is 0 Å². The van der Waals surface area contributed by atoms with Gasteiger partial charge in [-0.05, 0) is 41.8 Å². The fraction of sp³-hybridized carbons (Fsp3) is 0.200. The summed E-state index contributed by atoms with van der Waals surface area (Å²) in [5.41, 5.74) is 3.61. The lowest BCUT2D eigenvalue weighted by Crippen LogP contribution is -2.36. The molecule has 144 valence electrons. The fourth-order valence-corrected chi connectivity index (χ4v) is 4.50. The Kier molecular flexibility index (Phi) is 4.91. The normalized spacial score (nSPS) is 13.8. The second-order valence-corrected chi connectivity index (χ2v) is 9.58. The Morgan fingerprint density at radius 2 is 1.82 bits per heavy atom. The van der Waals surface area contributed by atoms with Crippen molar-refractivity contribution in [3.63, 3.8) is 0 Å². The minimum atomic E-state index is -3.22. The quantitative estimate of drug-likeness (QED) is 0.708. The molecule has 1 aliphatic rings. The summed E-state index contributed by atoms with van der Waals surface area (Å²) >= 11 is 1.34. The van der Waals surface area contributed by atoms with Crippen molar-refractivity contribution in [2.45, 2.75) is 17.9 Å². The van der Waals surface area contributed by atoms with E-state index in [4.69, 9.17) is 0 Å². The van der Waals surface area contributed by atoms with Crippen LogP contribution in [0.15, 0.2) is 58.8 Å². The minimum Gasteiger partial charge on any atom is -0.333 e. The number of sulfone groups is 1. The van der Waals surface area contributed by atoms with Crippen molar-refractivity contribution in [2.75, 3.05) is 18.1 Å². The lowest BCUT2D eigenvalue weighted by molar-refractivity contribution is 0.0729. The molecule has 0 fully saturated rings. The van der Waals surface area contributed by atoms with E-state index in [2.05, 4.69) is 22.4 Å². The molecule has 28 heavy (non-hydrogen) atoms. The van der Waals surface area contributed by atoms with Gasteiger partial charge in [-0.15, -0.1) is 11.3 Å². The van der Waals surface area contributed by atoms with Crippen LogP contribution in [0.4, 0.5) is 10.8 Å². The van der Waals surface area contributed by atoms with Crippen molar-refractivity contribution < 1.29 is 13.2 Å². The molecule has 1 aromatic heterocycles. The number of rotatable bonds is 4. The highest BCUT2D eigenvalue weighted by molar-refractivity contribution is 7.90. The van der Waals surface area contributed by atoms with E-state index in [1.807, 2.05) is 17.0 Å². The summed E-state index contributed by atoms with van der Waals surface area (Å²) in [6.07, 6.45) is 2.02. The third-order valence-corrected chi connectivity index (χ3v) is 6.56. The fourth-order valence-electron chi connectivity index (χ4n) is 3.17. The lowest BCUT2D eigenvalue weighted by atomic mass is 10.00. The summed E-state index contributed by atoms with van der Waals surface area (Å²) in [5, 5.41) is 5.45. The molecule has 0 aliphatic carbocycles. The second kappa shape index (κ2) is 7.37. The van der Waals surface area contributed by atoms with Crippen LogP contribution in [0, 0.1) is 0 Å². The molecule has 0 spiro atoms. The molecular weight excluding hydrogens is 394 g/mol. The highest BCUT2D eigenvalue weighted by atomic mass is 32.2. The van der Waals surface area contributed by atoms with Crippen LogP contribution in [-0.4, -0.2) is 37.0 Å². The molecule has 4 rings (SSSR count). The van der Waals surface area contributed by atoms with E-state index in [1.54, 1.807) is 29.6 Å². The predicted octanol–water partition coefficient (Wildman–Crippen LogP) is 3.49. The van der Waals surface area contributed by atoms with Crippen LogP contribution >= 0.6 is 11.3 Å². The smallest absolute Gasteiger partial charge is 0.273 e. The Morgan fingerprint density at radius 1 is 1.11 bits per heavy atom. The molecule has 0 radical (unpaired) electrons. The molecule has 3 aromatic rings. The highest BCUT2D eigenvalue weighted by Crippen LogP contribution is 2.25. The number of nitrogens with one attached hydrogen (secondary N) is 1. The Labute approximate surface area is 167 Å². The molecule has 8 heteroatoms. The van der Waals surface area contributed by atoms with Gasteiger partial charge >= 0.3 is 0 Å². The second-order valence-electron chi connectivity index (χ2n) is 6.70. The number of benzene rings is 2. The van der Waals surface area contributed by atoms with Gasteiger partial charge < -0.3 is 10.2 Å². The van der Waals surface area contributed by atoms with Crippen LogP contribution in [0.25, 0.3) is 0 Å². The summed E-state index contributed by atoms with van der Waals surface area (Å²) in [6.45, 7) is 1.28. The number of aromatic nitrogens is 1. The maximum absolute atomic E-state index is 12.8. The van der Waals surface area contributed by atoms with Gasteiger partial charge in [0.15, 0.2) is 15.0 Å². The zero-order valence-corrected chi connectivity index (χ0v) is 16.9. The molecule has 0 saturated carbocycles. The molecule has 6 nitrogen and oxygen atoms in total. The van der Waals surface area contributed by atoms with E-state index in [9.17, 15) is 13.2 Å². The molecular formula is C20H19N3O3S2. The van der Waals surface area contributed by atoms with E-state index < -0.39 is 9.84 Å². The first kappa shape index (κ1) is 18.6. The molecule has 2 heterocycles. The third kappa shape index (κ3) is 3.93. The highest BCUT2D eigenvalue weighted by Gasteiger charge is 2.23. The van der Waals surface area contributed by atoms with Crippen LogP contribution in [-0.2, 0) is 22.8 Å². The van der Waals surface area contributed by atoms with Crippen molar-refractivity contribution in [3.8, 4) is 0 Å². The number of amides is 1. The number of carbonyl (C=O) groups excluding carboxylic acids is 1. The zero-order chi connectivity index (χ0) is 19.7. The topological polar surface area (TPSA) is 79.4 Å². The van der Waals surface area contributed by atoms with E-state index >= 15 is 0 Å². The van der Waals surface area contributed by atoms with E-state index in [0.717, 1.165) is 6.42 Å². The Bertz CT molecular complexity index is 1120. The standard InChI is InChI=1S/C20H19N3O3S2/c1-28(25,26)17-8-6-16(7-9-17)21-20-22-18(13-27-20)19(24)23-11-10-14-4-2-3-5-15(14)12-23/h2-9,13H,10-12H2,1H3,(H,21,22). The van der Waals surface area contributed by atoms with E-state index in [1.165, 1.54) is 28.7 Å². The van der Waals surface area contributed by atoms with Crippen molar-refractivity contribution in [2.24, 2.45) is 0 Å². The first-order valence-corrected chi connectivity index (χ1v) is 11.6. The summed E-state index contributed by atoms with van der Waals surface area (Å²) in [5.74, 6) is -0.0776. The number of hydrogen-bond acceptors (Lipinski definition) is 6. The average molecular weight is 414 g/mol. The van der Waals surface area contributed by atoms with E-state index in [-0.39, 0.29) is 10.8 Å². The molecule has 0 saturated heterocycles. The molecule has 1 amide bonds. The first-order chi connectivity index (χ1) is 13.4. The number of nitrogens with zero attached hydrogens (tertiary/aromatic N) is 2. The molecule has 1 aliphatic heterocycles. The summed E-state index contributed by atoms with van der Waals surface area (Å²) in [4.78, 5) is 19.3. The zero-order valence-electron chi connectivity index (χ0n) is 15.3. The van der Waals surface area contributed by atoms with Crippen molar-refractivity contribution in [1.82, 2.24) is 9.88 Å². The van der Waals surface area contributed by atoms with Gasteiger partial charge in [0.1, 0.15) is 5.69 Å². The third-order valence-electron chi connectivity index (χ3n) is 4.67. The van der Waals surface area contributed by atoms with Gasteiger partial charge in [-0.2, -0.15) is 0 Å². The molecule has 2 aromatic carbocycles. The van der Waals surface area contributed by atoms with Gasteiger partial charge in [-0.1, -0.05) is 24.3 Å². The molecule has 0 bridgehead atoms. The molecule has 0 atom stereocenters. The van der Waals surface area contributed by atoms with Gasteiger partial charge in [0.25, 0.3) is 5.91 Å². The number of anilines is 2. The van der Waals surface area contributed by atoms with Crippen LogP contribution in [0.1, 0.15) is 21.6 Å². The average Bonchev–Trinajstić information content (AvgIpc) is 3.15. The predicted molar refractivity (Wildman–Crippen MR) is 110 cm³/mol. The van der Waals surface area contributed by atoms with Gasteiger partial charge in [0, 0.05) is 30.4 Å². The SMILES string of the molecule is CS(=O)(=O)c1ccc(Nc2nc(C(=O)N3CCc4ccccc4C3)cs2)cc1. The van der Waals surface area contributed by atoms with Crippen LogP contribution in [0.5, 0.6) is 0 Å². The Hall–Kier alpha value is -2.71. The number of thiazole rings is 1. The monoisotopic (exact) mass is 413 g/mol. The van der Waals surface area contributed by atoms with Crippen LogP contribution in [0.3, 0.4) is 0 Å². The largest absolute Gasteiger partial charge is 0.333 e.